The van der Waals surface area contributed by atoms with Crippen LogP contribution in [-0.2, 0) is 5.60 Å². The molecule has 110 valence electrons. The first-order valence-corrected chi connectivity index (χ1v) is 7.61. The van der Waals surface area contributed by atoms with Crippen molar-refractivity contribution in [1.82, 2.24) is 10.2 Å². The molecule has 1 saturated heterocycles. The van der Waals surface area contributed by atoms with Gasteiger partial charge >= 0.3 is 0 Å². The molecule has 0 spiro atoms. The number of hydrogen-bond acceptors (Lipinski definition) is 3. The Kier molecular flexibility index (Phi) is 4.06. The van der Waals surface area contributed by atoms with E-state index >= 15 is 0 Å². The summed E-state index contributed by atoms with van der Waals surface area (Å²) >= 11 is 0. The maximum Gasteiger partial charge on any atom is 0.123 e. The van der Waals surface area contributed by atoms with Crippen molar-refractivity contribution in [2.24, 2.45) is 0 Å². The molecule has 0 unspecified atom stereocenters. The number of halogens is 1. The van der Waals surface area contributed by atoms with Gasteiger partial charge in [-0.2, -0.15) is 0 Å². The van der Waals surface area contributed by atoms with Crippen molar-refractivity contribution >= 4 is 0 Å². The van der Waals surface area contributed by atoms with E-state index in [-0.39, 0.29) is 5.82 Å². The highest BCUT2D eigenvalue weighted by molar-refractivity contribution is 5.23. The zero-order valence-corrected chi connectivity index (χ0v) is 11.8. The molecule has 1 saturated carbocycles. The maximum absolute atomic E-state index is 13.0. The van der Waals surface area contributed by atoms with Crippen LogP contribution in [0.15, 0.2) is 24.3 Å². The summed E-state index contributed by atoms with van der Waals surface area (Å²) in [6.07, 6.45) is 3.59. The van der Waals surface area contributed by atoms with Crippen LogP contribution in [0.3, 0.4) is 0 Å². The number of rotatable bonds is 2. The fourth-order valence-electron chi connectivity index (χ4n) is 3.54. The highest BCUT2D eigenvalue weighted by Crippen LogP contribution is 2.38. The second kappa shape index (κ2) is 5.80. The van der Waals surface area contributed by atoms with E-state index in [1.165, 1.54) is 12.1 Å². The fourth-order valence-corrected chi connectivity index (χ4v) is 3.54. The Bertz CT molecular complexity index is 434. The first-order chi connectivity index (χ1) is 9.67. The van der Waals surface area contributed by atoms with Gasteiger partial charge in [0.2, 0.25) is 0 Å². The second-order valence-corrected chi connectivity index (χ2v) is 6.06. The van der Waals surface area contributed by atoms with Crippen molar-refractivity contribution in [2.75, 3.05) is 26.2 Å². The van der Waals surface area contributed by atoms with Crippen LogP contribution in [0.4, 0.5) is 4.39 Å². The van der Waals surface area contributed by atoms with Crippen molar-refractivity contribution in [3.8, 4) is 0 Å². The summed E-state index contributed by atoms with van der Waals surface area (Å²) in [5, 5.41) is 14.2. The number of hydrogen-bond donors (Lipinski definition) is 2. The van der Waals surface area contributed by atoms with Gasteiger partial charge in [-0.15, -0.1) is 0 Å². The van der Waals surface area contributed by atoms with E-state index in [0.717, 1.165) is 57.4 Å². The zero-order chi connectivity index (χ0) is 14.0. The van der Waals surface area contributed by atoms with E-state index in [1.54, 1.807) is 12.1 Å². The molecule has 0 amide bonds. The lowest BCUT2D eigenvalue weighted by molar-refractivity contribution is -0.0265. The predicted octanol–water partition coefficient (Wildman–Crippen LogP) is 1.86. The number of piperazine rings is 1. The van der Waals surface area contributed by atoms with Crippen LogP contribution in [0.1, 0.15) is 31.2 Å². The molecule has 2 fully saturated rings. The van der Waals surface area contributed by atoms with Crippen molar-refractivity contribution in [3.63, 3.8) is 0 Å². The second-order valence-electron chi connectivity index (χ2n) is 6.06. The Labute approximate surface area is 119 Å². The Morgan fingerprint density at radius 2 is 1.70 bits per heavy atom. The standard InChI is InChI=1S/C16H23FN2O/c17-14-3-1-13(2-4-14)16(20)7-5-15(6-8-16)19-11-9-18-10-12-19/h1-4,15,18,20H,5-12H2. The van der Waals surface area contributed by atoms with Crippen LogP contribution in [0, 0.1) is 5.82 Å². The van der Waals surface area contributed by atoms with Crippen molar-refractivity contribution in [1.29, 1.82) is 0 Å². The molecule has 20 heavy (non-hydrogen) atoms. The summed E-state index contributed by atoms with van der Waals surface area (Å²) in [5.41, 5.74) is 0.0933. The van der Waals surface area contributed by atoms with E-state index in [0.29, 0.717) is 6.04 Å². The Morgan fingerprint density at radius 1 is 1.10 bits per heavy atom. The van der Waals surface area contributed by atoms with E-state index in [2.05, 4.69) is 10.2 Å². The Hall–Kier alpha value is -0.970. The number of aliphatic hydroxyl groups is 1. The molecular weight excluding hydrogens is 255 g/mol. The zero-order valence-electron chi connectivity index (χ0n) is 11.8. The van der Waals surface area contributed by atoms with Gasteiger partial charge in [0.05, 0.1) is 5.60 Å². The van der Waals surface area contributed by atoms with Crippen LogP contribution in [0.5, 0.6) is 0 Å². The highest BCUT2D eigenvalue weighted by atomic mass is 19.1. The number of nitrogens with one attached hydrogen (secondary N) is 1. The van der Waals surface area contributed by atoms with Gasteiger partial charge in [-0.25, -0.2) is 4.39 Å². The van der Waals surface area contributed by atoms with Crippen molar-refractivity contribution < 1.29 is 9.50 Å². The van der Waals surface area contributed by atoms with E-state index in [9.17, 15) is 9.50 Å². The molecular formula is C16H23FN2O. The van der Waals surface area contributed by atoms with Crippen LogP contribution < -0.4 is 5.32 Å². The fraction of sp³-hybridized carbons (Fsp3) is 0.625. The molecule has 0 atom stereocenters. The van der Waals surface area contributed by atoms with Crippen LogP contribution in [-0.4, -0.2) is 42.2 Å². The van der Waals surface area contributed by atoms with Crippen molar-refractivity contribution in [2.45, 2.75) is 37.3 Å². The average molecular weight is 278 g/mol. The Balaban J connectivity index is 1.63. The van der Waals surface area contributed by atoms with E-state index < -0.39 is 5.60 Å². The lowest BCUT2D eigenvalue weighted by atomic mass is 9.77. The maximum atomic E-state index is 13.0. The molecule has 2 N–H and O–H groups in total. The quantitative estimate of drug-likeness (QED) is 0.867. The minimum Gasteiger partial charge on any atom is -0.385 e. The highest BCUT2D eigenvalue weighted by Gasteiger charge is 2.36. The SMILES string of the molecule is OC1(c2ccc(F)cc2)CCC(N2CCNCC2)CC1. The summed E-state index contributed by atoms with van der Waals surface area (Å²) in [4.78, 5) is 2.54. The van der Waals surface area contributed by atoms with Gasteiger partial charge in [-0.1, -0.05) is 12.1 Å². The minimum absolute atomic E-state index is 0.244. The molecule has 1 aromatic carbocycles. The summed E-state index contributed by atoms with van der Waals surface area (Å²) in [7, 11) is 0. The van der Waals surface area contributed by atoms with Gasteiger partial charge in [0.15, 0.2) is 0 Å². The summed E-state index contributed by atoms with van der Waals surface area (Å²) < 4.78 is 13.0. The molecule has 1 aliphatic heterocycles. The molecule has 2 aliphatic rings. The number of nitrogens with zero attached hydrogens (tertiary/aromatic N) is 1. The first kappa shape index (κ1) is 14.0. The molecule has 0 radical (unpaired) electrons. The predicted molar refractivity (Wildman–Crippen MR) is 77.0 cm³/mol. The Morgan fingerprint density at radius 3 is 2.30 bits per heavy atom. The van der Waals surface area contributed by atoms with Crippen LogP contribution in [0.2, 0.25) is 0 Å². The third-order valence-corrected chi connectivity index (χ3v) is 4.83. The van der Waals surface area contributed by atoms with Gasteiger partial charge in [0.1, 0.15) is 5.82 Å². The third kappa shape index (κ3) is 2.87. The van der Waals surface area contributed by atoms with Crippen LogP contribution >= 0.6 is 0 Å². The molecule has 4 heteroatoms. The number of benzene rings is 1. The smallest absolute Gasteiger partial charge is 0.123 e. The third-order valence-electron chi connectivity index (χ3n) is 4.83. The molecule has 3 rings (SSSR count). The monoisotopic (exact) mass is 278 g/mol. The molecule has 0 bridgehead atoms. The average Bonchev–Trinajstić information content (AvgIpc) is 2.49. The van der Waals surface area contributed by atoms with Crippen LogP contribution in [0.25, 0.3) is 0 Å². The summed E-state index contributed by atoms with van der Waals surface area (Å²) in [6.45, 7) is 4.36. The normalized spacial score (nSPS) is 32.2. The molecule has 1 heterocycles. The van der Waals surface area contributed by atoms with Crippen molar-refractivity contribution in [3.05, 3.63) is 35.6 Å². The van der Waals surface area contributed by atoms with E-state index in [4.69, 9.17) is 0 Å². The lowest BCUT2D eigenvalue weighted by Crippen LogP contribution is -2.50. The first-order valence-electron chi connectivity index (χ1n) is 7.61. The molecule has 0 aromatic heterocycles. The molecule has 1 aromatic rings. The van der Waals surface area contributed by atoms with Gasteiger partial charge in [0.25, 0.3) is 0 Å². The van der Waals surface area contributed by atoms with Gasteiger partial charge in [-0.3, -0.25) is 4.90 Å². The van der Waals surface area contributed by atoms with Gasteiger partial charge in [-0.05, 0) is 43.4 Å². The minimum atomic E-state index is -0.766. The van der Waals surface area contributed by atoms with Gasteiger partial charge in [0, 0.05) is 32.2 Å². The molecule has 3 nitrogen and oxygen atoms in total. The largest absolute Gasteiger partial charge is 0.385 e. The topological polar surface area (TPSA) is 35.5 Å². The lowest BCUT2D eigenvalue weighted by Gasteiger charge is -2.42. The molecule has 1 aliphatic carbocycles. The summed E-state index contributed by atoms with van der Waals surface area (Å²) in [6, 6.07) is 6.92. The van der Waals surface area contributed by atoms with E-state index in [1.807, 2.05) is 0 Å². The van der Waals surface area contributed by atoms with Gasteiger partial charge < -0.3 is 10.4 Å². The summed E-state index contributed by atoms with van der Waals surface area (Å²) in [5.74, 6) is -0.244.